The molecule has 1 aromatic carbocycles. The summed E-state index contributed by atoms with van der Waals surface area (Å²) in [5.74, 6) is 1.33. The maximum absolute atomic E-state index is 11.7. The summed E-state index contributed by atoms with van der Waals surface area (Å²) in [6.45, 7) is 5.82. The molecule has 0 saturated heterocycles. The maximum Gasteiger partial charge on any atom is 0.239 e. The van der Waals surface area contributed by atoms with Crippen LogP contribution < -0.4 is 11.1 Å². The van der Waals surface area contributed by atoms with E-state index in [0.29, 0.717) is 0 Å². The first-order valence-electron chi connectivity index (χ1n) is 6.66. The number of primary amides is 1. The van der Waals surface area contributed by atoms with Crippen LogP contribution in [0.2, 0.25) is 0 Å². The lowest BCUT2D eigenvalue weighted by atomic mass is 10.0. The summed E-state index contributed by atoms with van der Waals surface area (Å²) >= 11 is 0. The van der Waals surface area contributed by atoms with Gasteiger partial charge in [-0.1, -0.05) is 30.3 Å². The highest BCUT2D eigenvalue weighted by Gasteiger charge is 2.22. The number of hydrogen-bond donors (Lipinski definition) is 2. The van der Waals surface area contributed by atoms with Gasteiger partial charge in [-0.3, -0.25) is 10.1 Å². The van der Waals surface area contributed by atoms with Crippen molar-refractivity contribution in [1.82, 2.24) is 5.32 Å². The van der Waals surface area contributed by atoms with Gasteiger partial charge in [0.05, 0.1) is 0 Å². The Morgan fingerprint density at radius 2 is 1.90 bits per heavy atom. The second kappa shape index (κ2) is 5.92. The number of amides is 1. The van der Waals surface area contributed by atoms with Crippen molar-refractivity contribution in [2.24, 2.45) is 5.73 Å². The summed E-state index contributed by atoms with van der Waals surface area (Å²) in [4.78, 5) is 11.7. The molecule has 3 N–H and O–H groups in total. The number of furan rings is 1. The van der Waals surface area contributed by atoms with Crippen molar-refractivity contribution >= 4 is 5.91 Å². The van der Waals surface area contributed by atoms with Crippen LogP contribution in [0.4, 0.5) is 0 Å². The van der Waals surface area contributed by atoms with Gasteiger partial charge >= 0.3 is 0 Å². The fraction of sp³-hybridized carbons (Fsp3) is 0.312. The molecule has 4 heteroatoms. The summed E-state index contributed by atoms with van der Waals surface area (Å²) in [7, 11) is 0. The van der Waals surface area contributed by atoms with Gasteiger partial charge in [0.2, 0.25) is 5.91 Å². The highest BCUT2D eigenvalue weighted by atomic mass is 16.3. The molecule has 4 nitrogen and oxygen atoms in total. The van der Waals surface area contributed by atoms with Crippen molar-refractivity contribution in [2.45, 2.75) is 32.9 Å². The van der Waals surface area contributed by atoms with Crippen LogP contribution in [0, 0.1) is 13.8 Å². The molecule has 0 unspecified atom stereocenters. The highest BCUT2D eigenvalue weighted by Crippen LogP contribution is 2.24. The molecule has 20 heavy (non-hydrogen) atoms. The number of aryl methyl sites for hydroxylation is 2. The van der Waals surface area contributed by atoms with E-state index in [-0.39, 0.29) is 11.9 Å². The number of nitrogens with one attached hydrogen (secondary N) is 1. The molecule has 2 aromatic rings. The third-order valence-corrected chi connectivity index (χ3v) is 3.38. The Labute approximate surface area is 119 Å². The molecule has 106 valence electrons. The van der Waals surface area contributed by atoms with Gasteiger partial charge in [0, 0.05) is 11.6 Å². The van der Waals surface area contributed by atoms with Crippen molar-refractivity contribution < 1.29 is 9.21 Å². The average molecular weight is 272 g/mol. The standard InChI is InChI=1S/C16H20N2O2/c1-10-9-14(12(3)20-10)11(2)18-15(16(17)19)13-7-5-4-6-8-13/h4-9,11,15,18H,1-3H3,(H2,17,19)/t11-,15-/m1/s1. The van der Waals surface area contributed by atoms with Gasteiger partial charge in [-0.05, 0) is 32.4 Å². The van der Waals surface area contributed by atoms with E-state index >= 15 is 0 Å². The van der Waals surface area contributed by atoms with E-state index in [1.807, 2.05) is 57.2 Å². The summed E-state index contributed by atoms with van der Waals surface area (Å²) in [6.07, 6.45) is 0. The Kier molecular flexibility index (Phi) is 4.25. The van der Waals surface area contributed by atoms with Crippen LogP contribution in [-0.2, 0) is 4.79 Å². The molecule has 0 aliphatic rings. The third kappa shape index (κ3) is 3.08. The Morgan fingerprint density at radius 1 is 1.25 bits per heavy atom. The lowest BCUT2D eigenvalue weighted by Gasteiger charge is -2.21. The predicted molar refractivity (Wildman–Crippen MR) is 78.1 cm³/mol. The predicted octanol–water partition coefficient (Wildman–Crippen LogP) is 2.77. The van der Waals surface area contributed by atoms with Crippen molar-refractivity contribution in [3.05, 3.63) is 59.0 Å². The highest BCUT2D eigenvalue weighted by molar-refractivity contribution is 5.81. The Balaban J connectivity index is 2.21. The molecule has 0 bridgehead atoms. The van der Waals surface area contributed by atoms with E-state index in [4.69, 9.17) is 10.2 Å². The Morgan fingerprint density at radius 3 is 2.40 bits per heavy atom. The Hall–Kier alpha value is -2.07. The van der Waals surface area contributed by atoms with Gasteiger partial charge in [-0.15, -0.1) is 0 Å². The van der Waals surface area contributed by atoms with Gasteiger partial charge in [-0.25, -0.2) is 0 Å². The number of rotatable bonds is 5. The molecule has 0 aliphatic carbocycles. The lowest BCUT2D eigenvalue weighted by molar-refractivity contribution is -0.120. The first-order chi connectivity index (χ1) is 9.49. The van der Waals surface area contributed by atoms with Gasteiger partial charge in [-0.2, -0.15) is 0 Å². The molecule has 1 aromatic heterocycles. The number of nitrogens with two attached hydrogens (primary N) is 1. The first kappa shape index (κ1) is 14.3. The molecule has 1 heterocycles. The summed E-state index contributed by atoms with van der Waals surface area (Å²) in [5.41, 5.74) is 7.42. The number of hydrogen-bond acceptors (Lipinski definition) is 3. The van der Waals surface area contributed by atoms with E-state index in [1.165, 1.54) is 0 Å². The fourth-order valence-corrected chi connectivity index (χ4v) is 2.41. The van der Waals surface area contributed by atoms with E-state index in [9.17, 15) is 4.79 Å². The zero-order valence-corrected chi connectivity index (χ0v) is 12.0. The summed E-state index contributed by atoms with van der Waals surface area (Å²) in [6, 6.07) is 10.9. The van der Waals surface area contributed by atoms with E-state index < -0.39 is 6.04 Å². The van der Waals surface area contributed by atoms with Crippen LogP contribution >= 0.6 is 0 Å². The van der Waals surface area contributed by atoms with Crippen LogP contribution in [0.5, 0.6) is 0 Å². The summed E-state index contributed by atoms with van der Waals surface area (Å²) in [5, 5.41) is 3.27. The second-order valence-corrected chi connectivity index (χ2v) is 5.00. The largest absolute Gasteiger partial charge is 0.466 e. The van der Waals surface area contributed by atoms with Crippen LogP contribution in [0.1, 0.15) is 41.7 Å². The number of carbonyl (C=O) groups excluding carboxylic acids is 1. The van der Waals surface area contributed by atoms with Gasteiger partial charge in [0.15, 0.2) is 0 Å². The zero-order valence-electron chi connectivity index (χ0n) is 12.0. The molecule has 0 radical (unpaired) electrons. The first-order valence-corrected chi connectivity index (χ1v) is 6.66. The maximum atomic E-state index is 11.7. The minimum atomic E-state index is -0.513. The van der Waals surface area contributed by atoms with Gasteiger partial charge in [0.25, 0.3) is 0 Å². The number of benzene rings is 1. The van der Waals surface area contributed by atoms with E-state index in [0.717, 1.165) is 22.6 Å². The van der Waals surface area contributed by atoms with Gasteiger partial charge < -0.3 is 10.2 Å². The Bertz CT molecular complexity index is 590. The van der Waals surface area contributed by atoms with Crippen LogP contribution in [0.15, 0.2) is 40.8 Å². The van der Waals surface area contributed by atoms with Crippen molar-refractivity contribution in [2.75, 3.05) is 0 Å². The molecule has 0 fully saturated rings. The monoisotopic (exact) mass is 272 g/mol. The quantitative estimate of drug-likeness (QED) is 0.879. The molecule has 0 spiro atoms. The number of carbonyl (C=O) groups is 1. The van der Waals surface area contributed by atoms with E-state index in [2.05, 4.69) is 5.32 Å². The SMILES string of the molecule is Cc1cc([C@@H](C)N[C@@H](C(N)=O)c2ccccc2)c(C)o1. The molecule has 0 saturated carbocycles. The molecule has 2 atom stereocenters. The topological polar surface area (TPSA) is 68.3 Å². The summed E-state index contributed by atoms with van der Waals surface area (Å²) < 4.78 is 5.53. The molecular weight excluding hydrogens is 252 g/mol. The van der Waals surface area contributed by atoms with Gasteiger partial charge in [0.1, 0.15) is 17.6 Å². The minimum absolute atomic E-state index is 0.0230. The van der Waals surface area contributed by atoms with Crippen LogP contribution in [0.3, 0.4) is 0 Å². The lowest BCUT2D eigenvalue weighted by Crippen LogP contribution is -2.35. The van der Waals surface area contributed by atoms with E-state index in [1.54, 1.807) is 0 Å². The minimum Gasteiger partial charge on any atom is -0.466 e. The molecular formula is C16H20N2O2. The fourth-order valence-electron chi connectivity index (χ4n) is 2.41. The van der Waals surface area contributed by atoms with Crippen LogP contribution in [0.25, 0.3) is 0 Å². The van der Waals surface area contributed by atoms with Crippen molar-refractivity contribution in [1.29, 1.82) is 0 Å². The van der Waals surface area contributed by atoms with Crippen LogP contribution in [-0.4, -0.2) is 5.91 Å². The van der Waals surface area contributed by atoms with Crippen molar-refractivity contribution in [3.8, 4) is 0 Å². The van der Waals surface area contributed by atoms with Crippen molar-refractivity contribution in [3.63, 3.8) is 0 Å². The third-order valence-electron chi connectivity index (χ3n) is 3.38. The molecule has 2 rings (SSSR count). The molecule has 0 aliphatic heterocycles. The molecule has 1 amide bonds. The second-order valence-electron chi connectivity index (χ2n) is 5.00. The smallest absolute Gasteiger partial charge is 0.239 e. The normalized spacial score (nSPS) is 13.9. The zero-order chi connectivity index (χ0) is 14.7. The average Bonchev–Trinajstić information content (AvgIpc) is 2.75.